The first-order chi connectivity index (χ1) is 13.5. The summed E-state index contributed by atoms with van der Waals surface area (Å²) < 4.78 is 0. The van der Waals surface area contributed by atoms with Crippen LogP contribution < -0.4 is 10.6 Å². The van der Waals surface area contributed by atoms with Crippen molar-refractivity contribution in [2.24, 2.45) is 0 Å². The normalized spacial score (nSPS) is 14.7. The number of anilines is 1. The molecule has 2 heterocycles. The van der Waals surface area contributed by atoms with Crippen LogP contribution in [0.5, 0.6) is 0 Å². The number of nitrogens with one attached hydrogen (secondary N) is 2. The Morgan fingerprint density at radius 2 is 1.93 bits per heavy atom. The molecule has 1 fully saturated rings. The maximum Gasteiger partial charge on any atom is 0.321 e. The number of likely N-dealkylation sites (tertiary alicyclic amines) is 1. The van der Waals surface area contributed by atoms with E-state index in [1.807, 2.05) is 43.0 Å². The van der Waals surface area contributed by atoms with E-state index in [1.165, 1.54) is 5.56 Å². The molecule has 3 rings (SSSR count). The van der Waals surface area contributed by atoms with E-state index in [0.29, 0.717) is 18.9 Å². The van der Waals surface area contributed by atoms with Crippen molar-refractivity contribution in [2.45, 2.75) is 45.4 Å². The molecular weight excluding hydrogens is 372 g/mol. The fraction of sp³-hybridized carbons (Fsp3) is 0.476. The molecule has 1 aliphatic rings. The summed E-state index contributed by atoms with van der Waals surface area (Å²) in [6.45, 7) is 5.99. The van der Waals surface area contributed by atoms with Gasteiger partial charge in [-0.3, -0.25) is 4.79 Å². The largest absolute Gasteiger partial charge is 0.356 e. The van der Waals surface area contributed by atoms with Crippen LogP contribution in [0.4, 0.5) is 10.5 Å². The van der Waals surface area contributed by atoms with Crippen LogP contribution in [0.1, 0.15) is 48.4 Å². The van der Waals surface area contributed by atoms with E-state index in [1.54, 1.807) is 11.3 Å². The molecule has 2 aromatic rings. The lowest BCUT2D eigenvalue weighted by Crippen LogP contribution is -2.40. The van der Waals surface area contributed by atoms with E-state index in [9.17, 15) is 9.59 Å². The Balaban J connectivity index is 1.45. The summed E-state index contributed by atoms with van der Waals surface area (Å²) in [4.78, 5) is 30.4. The van der Waals surface area contributed by atoms with E-state index in [0.717, 1.165) is 48.7 Å². The number of nitrogens with zero attached hydrogens (tertiary/aromatic N) is 2. The van der Waals surface area contributed by atoms with Crippen LogP contribution in [0.25, 0.3) is 0 Å². The molecule has 0 bridgehead atoms. The smallest absolute Gasteiger partial charge is 0.321 e. The fourth-order valence-electron chi connectivity index (χ4n) is 3.25. The molecule has 1 aromatic carbocycles. The molecule has 1 aromatic heterocycles. The Hall–Kier alpha value is -2.41. The average Bonchev–Trinajstić information content (AvgIpc) is 3.18. The Bertz CT molecular complexity index is 795. The zero-order valence-electron chi connectivity index (χ0n) is 16.5. The summed E-state index contributed by atoms with van der Waals surface area (Å²) in [6, 6.07) is 7.82. The number of benzene rings is 1. The lowest BCUT2D eigenvalue weighted by molar-refractivity contribution is -0.120. The van der Waals surface area contributed by atoms with Gasteiger partial charge in [-0.2, -0.15) is 0 Å². The lowest BCUT2D eigenvalue weighted by atomic mass is 9.98. The molecule has 28 heavy (non-hydrogen) atoms. The van der Waals surface area contributed by atoms with Crippen molar-refractivity contribution in [1.82, 2.24) is 15.2 Å². The molecule has 0 unspecified atom stereocenters. The standard InChI is InChI=1S/C21H28N4O2S/c1-3-19(26)22-11-8-18-14-28-20(23-18)16-9-12-25(13-10-16)21(27)24-17-6-4-15(2)5-7-17/h4-7,14,16H,3,8-13H2,1-2H3,(H,22,26)(H,24,27). The van der Waals surface area contributed by atoms with E-state index >= 15 is 0 Å². The first kappa shape index (κ1) is 20.3. The molecule has 150 valence electrons. The maximum absolute atomic E-state index is 12.5. The monoisotopic (exact) mass is 400 g/mol. The summed E-state index contributed by atoms with van der Waals surface area (Å²) >= 11 is 1.69. The predicted octanol–water partition coefficient (Wildman–Crippen LogP) is 3.93. The van der Waals surface area contributed by atoms with Crippen molar-refractivity contribution in [1.29, 1.82) is 0 Å². The van der Waals surface area contributed by atoms with Crippen LogP contribution in [0.2, 0.25) is 0 Å². The zero-order valence-corrected chi connectivity index (χ0v) is 17.3. The third-order valence-electron chi connectivity index (χ3n) is 5.03. The summed E-state index contributed by atoms with van der Waals surface area (Å²) in [5.74, 6) is 0.485. The van der Waals surface area contributed by atoms with Crippen molar-refractivity contribution in [3.63, 3.8) is 0 Å². The first-order valence-electron chi connectivity index (χ1n) is 9.88. The summed E-state index contributed by atoms with van der Waals surface area (Å²) in [7, 11) is 0. The highest BCUT2D eigenvalue weighted by molar-refractivity contribution is 7.09. The summed E-state index contributed by atoms with van der Waals surface area (Å²) in [5.41, 5.74) is 3.04. The average molecular weight is 401 g/mol. The van der Waals surface area contributed by atoms with E-state index in [-0.39, 0.29) is 11.9 Å². The van der Waals surface area contributed by atoms with Crippen LogP contribution in [-0.4, -0.2) is 41.5 Å². The van der Waals surface area contributed by atoms with Gasteiger partial charge < -0.3 is 15.5 Å². The third-order valence-corrected chi connectivity index (χ3v) is 6.08. The van der Waals surface area contributed by atoms with Crippen LogP contribution >= 0.6 is 11.3 Å². The second kappa shape index (κ2) is 9.68. The highest BCUT2D eigenvalue weighted by Gasteiger charge is 2.25. The molecule has 0 aliphatic carbocycles. The quantitative estimate of drug-likeness (QED) is 0.771. The van der Waals surface area contributed by atoms with Gasteiger partial charge in [0, 0.05) is 49.5 Å². The van der Waals surface area contributed by atoms with Crippen molar-refractivity contribution in [2.75, 3.05) is 25.0 Å². The number of amides is 3. The number of aromatic nitrogens is 1. The number of thiazole rings is 1. The highest BCUT2D eigenvalue weighted by Crippen LogP contribution is 2.30. The summed E-state index contributed by atoms with van der Waals surface area (Å²) in [5, 5.41) is 9.10. The molecule has 0 atom stereocenters. The number of piperidine rings is 1. The van der Waals surface area contributed by atoms with Gasteiger partial charge in [0.25, 0.3) is 0 Å². The molecule has 7 heteroatoms. The topological polar surface area (TPSA) is 74.3 Å². The number of carbonyl (C=O) groups excluding carboxylic acids is 2. The molecule has 1 saturated heterocycles. The maximum atomic E-state index is 12.5. The fourth-order valence-corrected chi connectivity index (χ4v) is 4.27. The Kier molecular flexibility index (Phi) is 7.03. The van der Waals surface area contributed by atoms with Crippen molar-refractivity contribution >= 4 is 29.0 Å². The Labute approximate surface area is 170 Å². The molecule has 2 N–H and O–H groups in total. The summed E-state index contributed by atoms with van der Waals surface area (Å²) in [6.07, 6.45) is 3.14. The van der Waals surface area contributed by atoms with Gasteiger partial charge in [-0.25, -0.2) is 9.78 Å². The van der Waals surface area contributed by atoms with Gasteiger partial charge in [-0.1, -0.05) is 24.6 Å². The second-order valence-electron chi connectivity index (χ2n) is 7.19. The minimum absolute atomic E-state index is 0.0335. The number of hydrogen-bond acceptors (Lipinski definition) is 4. The van der Waals surface area contributed by atoms with Crippen molar-refractivity contribution in [3.05, 3.63) is 45.9 Å². The molecule has 0 saturated carbocycles. The van der Waals surface area contributed by atoms with E-state index < -0.39 is 0 Å². The first-order valence-corrected chi connectivity index (χ1v) is 10.8. The van der Waals surface area contributed by atoms with Crippen molar-refractivity contribution in [3.8, 4) is 0 Å². The molecule has 3 amide bonds. The van der Waals surface area contributed by atoms with Gasteiger partial charge in [-0.05, 0) is 31.9 Å². The lowest BCUT2D eigenvalue weighted by Gasteiger charge is -2.31. The van der Waals surface area contributed by atoms with Gasteiger partial charge in [0.1, 0.15) is 0 Å². The number of urea groups is 1. The van der Waals surface area contributed by atoms with Crippen LogP contribution in [-0.2, 0) is 11.2 Å². The number of carbonyl (C=O) groups is 2. The van der Waals surface area contributed by atoms with Gasteiger partial charge in [0.05, 0.1) is 10.7 Å². The minimum Gasteiger partial charge on any atom is -0.356 e. The van der Waals surface area contributed by atoms with Crippen molar-refractivity contribution < 1.29 is 9.59 Å². The van der Waals surface area contributed by atoms with Gasteiger partial charge in [0.15, 0.2) is 0 Å². The number of aryl methyl sites for hydroxylation is 1. The van der Waals surface area contributed by atoms with Gasteiger partial charge in [0.2, 0.25) is 5.91 Å². The molecule has 1 aliphatic heterocycles. The van der Waals surface area contributed by atoms with Crippen LogP contribution in [0, 0.1) is 6.92 Å². The zero-order chi connectivity index (χ0) is 19.9. The highest BCUT2D eigenvalue weighted by atomic mass is 32.1. The third kappa shape index (κ3) is 5.55. The Morgan fingerprint density at radius 3 is 2.61 bits per heavy atom. The van der Waals surface area contributed by atoms with Gasteiger partial charge in [-0.15, -0.1) is 11.3 Å². The Morgan fingerprint density at radius 1 is 1.21 bits per heavy atom. The number of hydrogen-bond donors (Lipinski definition) is 2. The van der Waals surface area contributed by atoms with Crippen LogP contribution in [0.3, 0.4) is 0 Å². The molecular formula is C21H28N4O2S. The number of rotatable bonds is 6. The van der Waals surface area contributed by atoms with E-state index in [2.05, 4.69) is 16.0 Å². The second-order valence-corrected chi connectivity index (χ2v) is 8.08. The van der Waals surface area contributed by atoms with Gasteiger partial charge >= 0.3 is 6.03 Å². The predicted molar refractivity (Wildman–Crippen MR) is 113 cm³/mol. The molecule has 6 nitrogen and oxygen atoms in total. The van der Waals surface area contributed by atoms with Crippen LogP contribution in [0.15, 0.2) is 29.6 Å². The van der Waals surface area contributed by atoms with E-state index in [4.69, 9.17) is 4.98 Å². The molecule has 0 radical (unpaired) electrons. The minimum atomic E-state index is -0.0335. The molecule has 0 spiro atoms. The SMILES string of the molecule is CCC(=O)NCCc1csc(C2CCN(C(=O)Nc3ccc(C)cc3)CC2)n1.